The van der Waals surface area contributed by atoms with Crippen LogP contribution in [0.5, 0.6) is 0 Å². The highest BCUT2D eigenvalue weighted by Crippen LogP contribution is 2.20. The second-order valence-electron chi connectivity index (χ2n) is 2.24. The molecule has 0 atom stereocenters. The molecule has 13 heavy (non-hydrogen) atoms. The smallest absolute Gasteiger partial charge is 0.255 e. The summed E-state index contributed by atoms with van der Waals surface area (Å²) in [6.45, 7) is 0. The molecule has 5 heteroatoms. The maximum absolute atomic E-state index is 12.2. The van der Waals surface area contributed by atoms with Crippen molar-refractivity contribution in [1.82, 2.24) is 0 Å². The van der Waals surface area contributed by atoms with Gasteiger partial charge < -0.3 is 0 Å². The van der Waals surface area contributed by atoms with E-state index in [4.69, 9.17) is 0 Å². The molecular weight excluding hydrogens is 246 g/mol. The summed E-state index contributed by atoms with van der Waals surface area (Å²) in [4.78, 5) is 20.5. The fourth-order valence-electron chi connectivity index (χ4n) is 0.797. The summed E-state index contributed by atoms with van der Waals surface area (Å²) in [7, 11) is 0. The molecule has 1 aromatic carbocycles. The van der Waals surface area contributed by atoms with Gasteiger partial charge in [0.1, 0.15) is 0 Å². The standard InChI is InChI=1S/C8H3BrF2O2/c9-6-3-4(7(10)12)1-2-5(6)8(11)13/h1-3H. The lowest BCUT2D eigenvalue weighted by Crippen LogP contribution is -1.95. The molecule has 0 aliphatic carbocycles. The molecule has 0 heterocycles. The van der Waals surface area contributed by atoms with E-state index >= 15 is 0 Å². The fraction of sp³-hybridized carbons (Fsp3) is 0. The molecule has 0 spiro atoms. The molecule has 0 fully saturated rings. The third-order valence-corrected chi connectivity index (χ3v) is 2.06. The second-order valence-corrected chi connectivity index (χ2v) is 3.10. The van der Waals surface area contributed by atoms with Crippen LogP contribution in [0, 0.1) is 0 Å². The Labute approximate surface area is 80.7 Å². The van der Waals surface area contributed by atoms with Crippen molar-refractivity contribution in [2.24, 2.45) is 0 Å². The van der Waals surface area contributed by atoms with Gasteiger partial charge in [0.15, 0.2) is 0 Å². The van der Waals surface area contributed by atoms with Crippen LogP contribution in [-0.2, 0) is 0 Å². The Balaban J connectivity index is 3.20. The highest BCUT2D eigenvalue weighted by atomic mass is 79.9. The van der Waals surface area contributed by atoms with Crippen LogP contribution in [-0.4, -0.2) is 12.1 Å². The zero-order chi connectivity index (χ0) is 10.0. The van der Waals surface area contributed by atoms with E-state index in [-0.39, 0.29) is 15.6 Å². The van der Waals surface area contributed by atoms with Crippen LogP contribution in [0.2, 0.25) is 0 Å². The van der Waals surface area contributed by atoms with Crippen LogP contribution in [0.3, 0.4) is 0 Å². The highest BCUT2D eigenvalue weighted by Gasteiger charge is 2.11. The van der Waals surface area contributed by atoms with Crippen molar-refractivity contribution in [2.45, 2.75) is 0 Å². The first-order valence-corrected chi connectivity index (χ1v) is 4.01. The van der Waals surface area contributed by atoms with E-state index in [1.54, 1.807) is 0 Å². The Morgan fingerprint density at radius 1 is 1.15 bits per heavy atom. The van der Waals surface area contributed by atoms with Crippen molar-refractivity contribution >= 4 is 28.0 Å². The van der Waals surface area contributed by atoms with Gasteiger partial charge in [0.05, 0.1) is 11.1 Å². The van der Waals surface area contributed by atoms with Gasteiger partial charge in [-0.05, 0) is 34.1 Å². The lowest BCUT2D eigenvalue weighted by atomic mass is 10.1. The summed E-state index contributed by atoms with van der Waals surface area (Å²) in [6, 6.07) is -0.128. The number of carbonyl (C=O) groups excluding carboxylic acids is 2. The summed E-state index contributed by atoms with van der Waals surface area (Å²) in [5.41, 5.74) is -0.457. The minimum Gasteiger partial charge on any atom is -0.255 e. The number of hydrogen-bond donors (Lipinski definition) is 0. The molecular formula is C8H3BrF2O2. The summed E-state index contributed by atoms with van der Waals surface area (Å²) in [6.07, 6.45) is 0. The average Bonchev–Trinajstić information content (AvgIpc) is 2.03. The van der Waals surface area contributed by atoms with E-state index in [0.29, 0.717) is 0 Å². The van der Waals surface area contributed by atoms with Gasteiger partial charge in [0, 0.05) is 4.47 Å². The first-order chi connectivity index (χ1) is 6.02. The molecule has 0 aromatic heterocycles. The van der Waals surface area contributed by atoms with Gasteiger partial charge in [-0.1, -0.05) is 0 Å². The zero-order valence-electron chi connectivity index (χ0n) is 6.18. The van der Waals surface area contributed by atoms with Gasteiger partial charge in [0.2, 0.25) is 0 Å². The summed E-state index contributed by atoms with van der Waals surface area (Å²) in [5.74, 6) is 0. The van der Waals surface area contributed by atoms with Crippen molar-refractivity contribution in [2.75, 3.05) is 0 Å². The fourth-order valence-corrected chi connectivity index (χ4v) is 1.33. The SMILES string of the molecule is O=C(F)c1ccc(C(=O)F)c(Br)c1. The molecule has 1 rings (SSSR count). The molecule has 0 saturated carbocycles. The van der Waals surface area contributed by atoms with Gasteiger partial charge >= 0.3 is 12.1 Å². The Hall–Kier alpha value is -1.10. The molecule has 68 valence electrons. The van der Waals surface area contributed by atoms with Crippen molar-refractivity contribution in [3.05, 3.63) is 33.8 Å². The predicted molar refractivity (Wildman–Crippen MR) is 45.0 cm³/mol. The Kier molecular flexibility index (Phi) is 2.87. The number of benzene rings is 1. The normalized spacial score (nSPS) is 9.77. The Morgan fingerprint density at radius 3 is 2.15 bits per heavy atom. The highest BCUT2D eigenvalue weighted by molar-refractivity contribution is 9.10. The molecule has 0 radical (unpaired) electrons. The maximum Gasteiger partial charge on any atom is 0.333 e. The summed E-state index contributed by atoms with van der Waals surface area (Å²) >= 11 is 2.84. The number of carbonyl (C=O) groups is 2. The van der Waals surface area contributed by atoms with Gasteiger partial charge in [0.25, 0.3) is 0 Å². The van der Waals surface area contributed by atoms with E-state index in [9.17, 15) is 18.4 Å². The van der Waals surface area contributed by atoms with E-state index in [1.807, 2.05) is 0 Å². The number of hydrogen-bond acceptors (Lipinski definition) is 2. The maximum atomic E-state index is 12.2. The van der Waals surface area contributed by atoms with Crippen LogP contribution < -0.4 is 0 Å². The quantitative estimate of drug-likeness (QED) is 0.755. The Morgan fingerprint density at radius 2 is 1.77 bits per heavy atom. The molecule has 0 aliphatic rings. The van der Waals surface area contributed by atoms with Crippen LogP contribution in [0.4, 0.5) is 8.78 Å². The predicted octanol–water partition coefficient (Wildman–Crippen LogP) is 2.67. The van der Waals surface area contributed by atoms with Gasteiger partial charge in [-0.2, -0.15) is 8.78 Å². The zero-order valence-corrected chi connectivity index (χ0v) is 7.77. The van der Waals surface area contributed by atoms with E-state index < -0.39 is 12.1 Å². The Bertz CT molecular complexity index is 376. The average molecular weight is 249 g/mol. The minimum absolute atomic E-state index is 0.0588. The third kappa shape index (κ3) is 2.18. The van der Waals surface area contributed by atoms with Gasteiger partial charge in [-0.15, -0.1) is 0 Å². The monoisotopic (exact) mass is 248 g/mol. The van der Waals surface area contributed by atoms with E-state index in [1.165, 1.54) is 0 Å². The first kappa shape index (κ1) is 9.98. The summed E-state index contributed by atoms with van der Waals surface area (Å²) < 4.78 is 24.3. The molecule has 0 N–H and O–H groups in total. The lowest BCUT2D eigenvalue weighted by Gasteiger charge is -1.98. The molecule has 0 aliphatic heterocycles. The van der Waals surface area contributed by atoms with Crippen molar-refractivity contribution < 1.29 is 18.4 Å². The van der Waals surface area contributed by atoms with E-state index in [0.717, 1.165) is 18.2 Å². The summed E-state index contributed by atoms with van der Waals surface area (Å²) in [5, 5.41) is 0. The second kappa shape index (κ2) is 3.74. The number of halogens is 3. The molecule has 0 bridgehead atoms. The molecule has 0 amide bonds. The third-order valence-electron chi connectivity index (χ3n) is 1.41. The molecule has 1 aromatic rings. The van der Waals surface area contributed by atoms with Crippen molar-refractivity contribution in [3.63, 3.8) is 0 Å². The first-order valence-electron chi connectivity index (χ1n) is 3.21. The van der Waals surface area contributed by atoms with Crippen LogP contribution in [0.25, 0.3) is 0 Å². The largest absolute Gasteiger partial charge is 0.333 e. The van der Waals surface area contributed by atoms with Gasteiger partial charge in [-0.25, -0.2) is 0 Å². The molecule has 0 saturated heterocycles. The van der Waals surface area contributed by atoms with Crippen LogP contribution in [0.15, 0.2) is 22.7 Å². The molecule has 2 nitrogen and oxygen atoms in total. The van der Waals surface area contributed by atoms with E-state index in [2.05, 4.69) is 15.9 Å². The van der Waals surface area contributed by atoms with Gasteiger partial charge in [-0.3, -0.25) is 9.59 Å². The minimum atomic E-state index is -1.63. The number of rotatable bonds is 2. The van der Waals surface area contributed by atoms with Crippen LogP contribution in [0.1, 0.15) is 20.7 Å². The molecule has 0 unspecified atom stereocenters. The lowest BCUT2D eigenvalue weighted by molar-refractivity contribution is 0.0821. The van der Waals surface area contributed by atoms with Crippen molar-refractivity contribution in [1.29, 1.82) is 0 Å². The topological polar surface area (TPSA) is 34.1 Å². The van der Waals surface area contributed by atoms with Crippen LogP contribution >= 0.6 is 15.9 Å². The van der Waals surface area contributed by atoms with Crippen molar-refractivity contribution in [3.8, 4) is 0 Å².